The molecule has 0 amide bonds. The van der Waals surface area contributed by atoms with Crippen molar-refractivity contribution in [3.63, 3.8) is 0 Å². The van der Waals surface area contributed by atoms with Gasteiger partial charge in [0.2, 0.25) is 5.95 Å². The number of thiazole rings is 1. The third kappa shape index (κ3) is 4.09. The number of hydrogen-bond acceptors (Lipinski definition) is 7. The molecular formula is C21H22N6S. The van der Waals surface area contributed by atoms with Gasteiger partial charge in [0, 0.05) is 35.8 Å². The van der Waals surface area contributed by atoms with Crippen LogP contribution in [0.15, 0.2) is 48.8 Å². The summed E-state index contributed by atoms with van der Waals surface area (Å²) in [7, 11) is 0. The second-order valence-electron chi connectivity index (χ2n) is 6.70. The number of nitrogens with one attached hydrogen (secondary N) is 2. The van der Waals surface area contributed by atoms with E-state index in [0.717, 1.165) is 39.7 Å². The number of benzene rings is 1. The summed E-state index contributed by atoms with van der Waals surface area (Å²) in [6, 6.07) is 12.3. The Labute approximate surface area is 168 Å². The maximum absolute atomic E-state index is 4.67. The lowest BCUT2D eigenvalue weighted by Crippen LogP contribution is -2.16. The summed E-state index contributed by atoms with van der Waals surface area (Å²) in [6.07, 6.45) is 4.56. The van der Waals surface area contributed by atoms with E-state index >= 15 is 0 Å². The number of fused-ring (bicyclic) bond motifs is 1. The molecule has 0 bridgehead atoms. The van der Waals surface area contributed by atoms with Gasteiger partial charge in [-0.15, -0.1) is 11.3 Å². The summed E-state index contributed by atoms with van der Waals surface area (Å²) >= 11 is 1.70. The Bertz CT molecular complexity index is 1090. The van der Waals surface area contributed by atoms with Gasteiger partial charge in [0.15, 0.2) is 0 Å². The van der Waals surface area contributed by atoms with E-state index in [1.165, 1.54) is 4.70 Å². The van der Waals surface area contributed by atoms with Crippen molar-refractivity contribution in [3.8, 4) is 11.3 Å². The molecule has 3 aromatic heterocycles. The lowest BCUT2D eigenvalue weighted by atomic mass is 10.2. The third-order valence-corrected chi connectivity index (χ3v) is 5.39. The van der Waals surface area contributed by atoms with Gasteiger partial charge in [-0.1, -0.05) is 6.92 Å². The van der Waals surface area contributed by atoms with E-state index in [0.29, 0.717) is 5.95 Å². The first-order valence-corrected chi connectivity index (χ1v) is 10.1. The average molecular weight is 391 g/mol. The first-order valence-electron chi connectivity index (χ1n) is 9.31. The highest BCUT2D eigenvalue weighted by Crippen LogP contribution is 2.27. The van der Waals surface area contributed by atoms with Gasteiger partial charge in [-0.25, -0.2) is 9.97 Å². The van der Waals surface area contributed by atoms with Crippen molar-refractivity contribution in [1.82, 2.24) is 19.9 Å². The number of pyridine rings is 1. The van der Waals surface area contributed by atoms with E-state index < -0.39 is 0 Å². The second kappa shape index (κ2) is 7.90. The highest BCUT2D eigenvalue weighted by atomic mass is 32.1. The molecule has 3 heterocycles. The van der Waals surface area contributed by atoms with E-state index in [2.05, 4.69) is 50.5 Å². The van der Waals surface area contributed by atoms with Gasteiger partial charge in [-0.05, 0) is 50.6 Å². The maximum Gasteiger partial charge on any atom is 0.225 e. The number of aromatic nitrogens is 4. The first-order chi connectivity index (χ1) is 13.6. The van der Waals surface area contributed by atoms with Crippen molar-refractivity contribution < 1.29 is 0 Å². The SMILES string of the molecule is CC[C@@H](C)Nc1nc(Nc2ccc3sc(C)nc3c2)cc(-c2cccnc2)n1. The molecule has 4 rings (SSSR count). The molecule has 0 spiro atoms. The minimum Gasteiger partial charge on any atom is -0.352 e. The van der Waals surface area contributed by atoms with Crippen LogP contribution in [0.1, 0.15) is 25.3 Å². The Balaban J connectivity index is 1.70. The molecule has 0 aliphatic heterocycles. The van der Waals surface area contributed by atoms with Crippen LogP contribution in [-0.4, -0.2) is 26.0 Å². The maximum atomic E-state index is 4.67. The first kappa shape index (κ1) is 18.3. The largest absolute Gasteiger partial charge is 0.352 e. The Morgan fingerprint density at radius 1 is 1.11 bits per heavy atom. The average Bonchev–Trinajstić information content (AvgIpc) is 3.07. The predicted octanol–water partition coefficient (Wildman–Crippen LogP) is 5.41. The molecule has 0 fully saturated rings. The fraction of sp³-hybridized carbons (Fsp3) is 0.238. The van der Waals surface area contributed by atoms with Crippen molar-refractivity contribution >= 4 is 39.0 Å². The van der Waals surface area contributed by atoms with Crippen LogP contribution in [0.2, 0.25) is 0 Å². The van der Waals surface area contributed by atoms with E-state index in [-0.39, 0.29) is 6.04 Å². The number of nitrogens with zero attached hydrogens (tertiary/aromatic N) is 4. The molecule has 1 atom stereocenters. The van der Waals surface area contributed by atoms with Gasteiger partial charge < -0.3 is 10.6 Å². The lowest BCUT2D eigenvalue weighted by Gasteiger charge is -2.14. The zero-order chi connectivity index (χ0) is 19.5. The minimum absolute atomic E-state index is 0.284. The number of rotatable bonds is 6. The van der Waals surface area contributed by atoms with Crippen molar-refractivity contribution in [1.29, 1.82) is 0 Å². The normalized spacial score (nSPS) is 12.1. The van der Waals surface area contributed by atoms with E-state index in [1.807, 2.05) is 43.5 Å². The van der Waals surface area contributed by atoms with Crippen molar-refractivity contribution in [2.75, 3.05) is 10.6 Å². The molecule has 6 nitrogen and oxygen atoms in total. The van der Waals surface area contributed by atoms with Crippen LogP contribution >= 0.6 is 11.3 Å². The zero-order valence-corrected chi connectivity index (χ0v) is 16.9. The number of aryl methyl sites for hydroxylation is 1. The summed E-state index contributed by atoms with van der Waals surface area (Å²) in [5.74, 6) is 1.33. The Hall–Kier alpha value is -3.06. The standard InChI is InChI=1S/C21H22N6S/c1-4-13(2)23-21-26-17(15-6-5-9-22-12-15)11-20(27-21)25-16-7-8-19-18(10-16)24-14(3)28-19/h5-13H,4H2,1-3H3,(H2,23,25,26,27)/t13-/m1/s1. The number of hydrogen-bond donors (Lipinski definition) is 2. The van der Waals surface area contributed by atoms with Crippen molar-refractivity contribution in [2.45, 2.75) is 33.2 Å². The Kier molecular flexibility index (Phi) is 5.16. The summed E-state index contributed by atoms with van der Waals surface area (Å²) in [5, 5.41) is 7.83. The highest BCUT2D eigenvalue weighted by molar-refractivity contribution is 7.18. The molecule has 0 saturated heterocycles. The molecule has 0 saturated carbocycles. The smallest absolute Gasteiger partial charge is 0.225 e. The number of anilines is 3. The van der Waals surface area contributed by atoms with Gasteiger partial charge >= 0.3 is 0 Å². The summed E-state index contributed by atoms with van der Waals surface area (Å²) in [6.45, 7) is 6.27. The minimum atomic E-state index is 0.284. The monoisotopic (exact) mass is 390 g/mol. The summed E-state index contributed by atoms with van der Waals surface area (Å²) in [4.78, 5) is 18.1. The van der Waals surface area contributed by atoms with Gasteiger partial charge in [0.25, 0.3) is 0 Å². The molecular weight excluding hydrogens is 368 g/mol. The molecule has 4 aromatic rings. The van der Waals surface area contributed by atoms with Crippen LogP contribution in [0.25, 0.3) is 21.5 Å². The molecule has 28 heavy (non-hydrogen) atoms. The molecule has 2 N–H and O–H groups in total. The Morgan fingerprint density at radius 2 is 2.00 bits per heavy atom. The highest BCUT2D eigenvalue weighted by Gasteiger charge is 2.10. The van der Waals surface area contributed by atoms with E-state index in [1.54, 1.807) is 17.5 Å². The van der Waals surface area contributed by atoms with Crippen LogP contribution in [0.5, 0.6) is 0 Å². The van der Waals surface area contributed by atoms with Gasteiger partial charge in [0.1, 0.15) is 5.82 Å². The summed E-state index contributed by atoms with van der Waals surface area (Å²) in [5.41, 5.74) is 3.71. The van der Waals surface area contributed by atoms with Gasteiger partial charge in [-0.2, -0.15) is 4.98 Å². The fourth-order valence-corrected chi connectivity index (χ4v) is 3.64. The van der Waals surface area contributed by atoms with Crippen molar-refractivity contribution in [2.24, 2.45) is 0 Å². The molecule has 0 unspecified atom stereocenters. The lowest BCUT2D eigenvalue weighted by molar-refractivity contribution is 0.753. The van der Waals surface area contributed by atoms with Crippen LogP contribution in [0, 0.1) is 6.92 Å². The van der Waals surface area contributed by atoms with E-state index in [9.17, 15) is 0 Å². The fourth-order valence-electron chi connectivity index (χ4n) is 2.83. The van der Waals surface area contributed by atoms with Crippen LogP contribution < -0.4 is 10.6 Å². The molecule has 0 radical (unpaired) electrons. The van der Waals surface area contributed by atoms with Crippen LogP contribution in [0.3, 0.4) is 0 Å². The topological polar surface area (TPSA) is 75.6 Å². The van der Waals surface area contributed by atoms with Crippen molar-refractivity contribution in [3.05, 3.63) is 53.8 Å². The van der Waals surface area contributed by atoms with E-state index in [4.69, 9.17) is 0 Å². The predicted molar refractivity (Wildman–Crippen MR) is 116 cm³/mol. The summed E-state index contributed by atoms with van der Waals surface area (Å²) < 4.78 is 1.18. The van der Waals surface area contributed by atoms with Gasteiger partial charge in [0.05, 0.1) is 20.9 Å². The second-order valence-corrected chi connectivity index (χ2v) is 7.93. The molecule has 1 aromatic carbocycles. The molecule has 142 valence electrons. The molecule has 7 heteroatoms. The molecule has 0 aliphatic rings. The Morgan fingerprint density at radius 3 is 2.79 bits per heavy atom. The third-order valence-electron chi connectivity index (χ3n) is 4.44. The molecule has 0 aliphatic carbocycles. The van der Waals surface area contributed by atoms with Crippen LogP contribution in [-0.2, 0) is 0 Å². The van der Waals surface area contributed by atoms with Crippen LogP contribution in [0.4, 0.5) is 17.5 Å². The quantitative estimate of drug-likeness (QED) is 0.458. The van der Waals surface area contributed by atoms with Gasteiger partial charge in [-0.3, -0.25) is 4.98 Å². The zero-order valence-electron chi connectivity index (χ0n) is 16.1.